The minimum atomic E-state index is -0.187. The van der Waals surface area contributed by atoms with Crippen LogP contribution in [-0.4, -0.2) is 46.6 Å². The molecule has 1 aromatic carbocycles. The standard InChI is InChI=1S/C17H15N5O4S/c18-5-1-7-22(8-2-6-19)15(23)10-27-17-21-20-16(26-17)12-3-4-13-14(9-12)25-11-24-13/h3-4,9H,1-2,7-8,10-11H2. The predicted molar refractivity (Wildman–Crippen MR) is 93.6 cm³/mol. The smallest absolute Gasteiger partial charge is 0.277 e. The Morgan fingerprint density at radius 1 is 1.15 bits per heavy atom. The van der Waals surface area contributed by atoms with Crippen molar-refractivity contribution in [2.75, 3.05) is 25.6 Å². The zero-order valence-electron chi connectivity index (χ0n) is 14.3. The Labute approximate surface area is 159 Å². The van der Waals surface area contributed by atoms with Gasteiger partial charge in [-0.15, -0.1) is 10.2 Å². The third kappa shape index (κ3) is 4.68. The third-order valence-corrected chi connectivity index (χ3v) is 4.49. The van der Waals surface area contributed by atoms with Gasteiger partial charge in [0.1, 0.15) is 0 Å². The van der Waals surface area contributed by atoms with Gasteiger partial charge in [-0.05, 0) is 18.2 Å². The molecular formula is C17H15N5O4S. The van der Waals surface area contributed by atoms with Gasteiger partial charge in [-0.1, -0.05) is 11.8 Å². The van der Waals surface area contributed by atoms with Crippen LogP contribution < -0.4 is 9.47 Å². The maximum Gasteiger partial charge on any atom is 0.277 e. The number of hydrogen-bond donors (Lipinski definition) is 0. The molecule has 1 amide bonds. The fourth-order valence-corrected chi connectivity index (χ4v) is 3.03. The molecule has 10 heteroatoms. The van der Waals surface area contributed by atoms with E-state index in [0.29, 0.717) is 36.0 Å². The minimum absolute atomic E-state index is 0.0830. The molecule has 0 spiro atoms. The van der Waals surface area contributed by atoms with Crippen molar-refractivity contribution in [1.29, 1.82) is 10.5 Å². The highest BCUT2D eigenvalue weighted by molar-refractivity contribution is 7.99. The summed E-state index contributed by atoms with van der Waals surface area (Å²) < 4.78 is 16.2. The van der Waals surface area contributed by atoms with Crippen molar-refractivity contribution in [3.8, 4) is 35.1 Å². The first-order valence-corrected chi connectivity index (χ1v) is 9.08. The molecule has 27 heavy (non-hydrogen) atoms. The largest absolute Gasteiger partial charge is 0.454 e. The highest BCUT2D eigenvalue weighted by atomic mass is 32.2. The summed E-state index contributed by atoms with van der Waals surface area (Å²) in [7, 11) is 0. The molecule has 2 aromatic rings. The molecule has 1 aliphatic rings. The number of aromatic nitrogens is 2. The van der Waals surface area contributed by atoms with Crippen LogP contribution in [0.5, 0.6) is 11.5 Å². The van der Waals surface area contributed by atoms with Gasteiger partial charge >= 0.3 is 0 Å². The van der Waals surface area contributed by atoms with E-state index in [0.717, 1.165) is 11.8 Å². The molecule has 0 bridgehead atoms. The molecular weight excluding hydrogens is 370 g/mol. The molecule has 0 unspecified atom stereocenters. The van der Waals surface area contributed by atoms with Crippen molar-refractivity contribution in [2.24, 2.45) is 0 Å². The molecule has 0 saturated heterocycles. The maximum atomic E-state index is 12.3. The molecule has 1 aromatic heterocycles. The highest BCUT2D eigenvalue weighted by Gasteiger charge is 2.18. The van der Waals surface area contributed by atoms with Crippen molar-refractivity contribution in [1.82, 2.24) is 15.1 Å². The quantitative estimate of drug-likeness (QED) is 0.629. The molecule has 0 atom stereocenters. The number of benzene rings is 1. The summed E-state index contributed by atoms with van der Waals surface area (Å²) in [4.78, 5) is 13.8. The normalized spacial score (nSPS) is 11.6. The summed E-state index contributed by atoms with van der Waals surface area (Å²) in [6.07, 6.45) is 0.438. The van der Waals surface area contributed by atoms with Crippen LogP contribution in [0.2, 0.25) is 0 Å². The van der Waals surface area contributed by atoms with Gasteiger partial charge < -0.3 is 18.8 Å². The van der Waals surface area contributed by atoms with Gasteiger partial charge in [0.2, 0.25) is 18.6 Å². The summed E-state index contributed by atoms with van der Waals surface area (Å²) in [6, 6.07) is 9.30. The fraction of sp³-hybridized carbons (Fsp3) is 0.353. The Balaban J connectivity index is 1.59. The Kier molecular flexibility index (Phi) is 6.13. The maximum absolute atomic E-state index is 12.3. The number of fused-ring (bicyclic) bond motifs is 1. The van der Waals surface area contributed by atoms with Gasteiger partial charge in [0.05, 0.1) is 30.7 Å². The average molecular weight is 385 g/mol. The summed E-state index contributed by atoms with van der Waals surface area (Å²) in [5, 5.41) is 25.6. The van der Waals surface area contributed by atoms with E-state index in [4.69, 9.17) is 24.4 Å². The molecule has 0 saturated carbocycles. The lowest BCUT2D eigenvalue weighted by Crippen LogP contribution is -2.34. The van der Waals surface area contributed by atoms with Crippen molar-refractivity contribution in [2.45, 2.75) is 18.1 Å². The number of rotatable bonds is 8. The summed E-state index contributed by atoms with van der Waals surface area (Å²) in [5.41, 5.74) is 0.689. The molecule has 2 heterocycles. The van der Waals surface area contributed by atoms with Crippen LogP contribution in [0.25, 0.3) is 11.5 Å². The Bertz CT molecular complexity index is 883. The number of nitrogens with zero attached hydrogens (tertiary/aromatic N) is 5. The Hall–Kier alpha value is -3.24. The van der Waals surface area contributed by atoms with Gasteiger partial charge in [-0.3, -0.25) is 4.79 Å². The van der Waals surface area contributed by atoms with Crippen LogP contribution in [0.1, 0.15) is 12.8 Å². The van der Waals surface area contributed by atoms with E-state index in [2.05, 4.69) is 10.2 Å². The van der Waals surface area contributed by atoms with Gasteiger partial charge in [-0.25, -0.2) is 0 Å². The number of nitriles is 2. The number of thioether (sulfide) groups is 1. The van der Waals surface area contributed by atoms with E-state index in [1.54, 1.807) is 18.2 Å². The minimum Gasteiger partial charge on any atom is -0.454 e. The van der Waals surface area contributed by atoms with Crippen molar-refractivity contribution >= 4 is 17.7 Å². The monoisotopic (exact) mass is 385 g/mol. The lowest BCUT2D eigenvalue weighted by atomic mass is 10.2. The number of carbonyl (C=O) groups is 1. The third-order valence-electron chi connectivity index (χ3n) is 3.68. The molecule has 138 valence electrons. The molecule has 0 fully saturated rings. The van der Waals surface area contributed by atoms with E-state index in [1.807, 2.05) is 12.1 Å². The van der Waals surface area contributed by atoms with Crippen LogP contribution >= 0.6 is 11.8 Å². The van der Waals surface area contributed by atoms with Crippen molar-refractivity contribution in [3.05, 3.63) is 18.2 Å². The first kappa shape index (κ1) is 18.5. The molecule has 0 aliphatic carbocycles. The topological polar surface area (TPSA) is 125 Å². The molecule has 1 aliphatic heterocycles. The number of carbonyl (C=O) groups excluding carboxylic acids is 1. The van der Waals surface area contributed by atoms with Crippen LogP contribution in [-0.2, 0) is 4.79 Å². The lowest BCUT2D eigenvalue weighted by molar-refractivity contribution is -0.128. The Morgan fingerprint density at radius 2 is 1.89 bits per heavy atom. The van der Waals surface area contributed by atoms with E-state index in [-0.39, 0.29) is 36.5 Å². The van der Waals surface area contributed by atoms with Gasteiger partial charge in [0.15, 0.2) is 11.5 Å². The van der Waals surface area contributed by atoms with E-state index in [9.17, 15) is 4.79 Å². The average Bonchev–Trinajstić information content (AvgIpc) is 3.34. The first-order valence-electron chi connectivity index (χ1n) is 8.09. The first-order chi connectivity index (χ1) is 13.2. The number of ether oxygens (including phenoxy) is 2. The van der Waals surface area contributed by atoms with Crippen LogP contribution in [0, 0.1) is 22.7 Å². The second-order valence-electron chi connectivity index (χ2n) is 5.43. The molecule has 3 rings (SSSR count). The fourth-order valence-electron chi connectivity index (χ4n) is 2.36. The van der Waals surface area contributed by atoms with Crippen LogP contribution in [0.3, 0.4) is 0 Å². The lowest BCUT2D eigenvalue weighted by Gasteiger charge is -2.19. The molecule has 0 N–H and O–H groups in total. The number of hydrogen-bond acceptors (Lipinski definition) is 9. The zero-order valence-corrected chi connectivity index (χ0v) is 15.1. The second-order valence-corrected chi connectivity index (χ2v) is 6.35. The van der Waals surface area contributed by atoms with Gasteiger partial charge in [0, 0.05) is 18.7 Å². The molecule has 0 radical (unpaired) electrons. The molecule has 9 nitrogen and oxygen atoms in total. The Morgan fingerprint density at radius 3 is 2.63 bits per heavy atom. The summed E-state index contributed by atoms with van der Waals surface area (Å²) >= 11 is 1.11. The SMILES string of the molecule is N#CCCN(CCC#N)C(=O)CSc1nnc(-c2ccc3c(c2)OCO3)o1. The van der Waals surface area contributed by atoms with Crippen molar-refractivity contribution in [3.63, 3.8) is 0 Å². The number of amides is 1. The van der Waals surface area contributed by atoms with E-state index in [1.165, 1.54) is 4.90 Å². The summed E-state index contributed by atoms with van der Waals surface area (Å²) in [6.45, 7) is 0.771. The second kappa shape index (κ2) is 8.92. The highest BCUT2D eigenvalue weighted by Crippen LogP contribution is 2.36. The van der Waals surface area contributed by atoms with Gasteiger partial charge in [0.25, 0.3) is 5.22 Å². The van der Waals surface area contributed by atoms with Crippen LogP contribution in [0.4, 0.5) is 0 Å². The predicted octanol–water partition coefficient (Wildman–Crippen LogP) is 2.21. The van der Waals surface area contributed by atoms with Crippen LogP contribution in [0.15, 0.2) is 27.8 Å². The summed E-state index contributed by atoms with van der Waals surface area (Å²) in [5.74, 6) is 1.48. The van der Waals surface area contributed by atoms with E-state index >= 15 is 0 Å². The van der Waals surface area contributed by atoms with Crippen molar-refractivity contribution < 1.29 is 18.7 Å². The van der Waals surface area contributed by atoms with E-state index < -0.39 is 0 Å². The zero-order chi connectivity index (χ0) is 19.1. The van der Waals surface area contributed by atoms with Gasteiger partial charge in [-0.2, -0.15) is 10.5 Å².